The Morgan fingerprint density at radius 2 is 0.967 bits per heavy atom. The molecular formula is C25H55N2O2S+. The van der Waals surface area contributed by atoms with Crippen LogP contribution in [0.15, 0.2) is 0 Å². The molecule has 0 bridgehead atoms. The van der Waals surface area contributed by atoms with E-state index in [2.05, 4.69) is 28.1 Å². The molecule has 0 unspecified atom stereocenters. The molecule has 0 aliphatic rings. The minimum atomic E-state index is -3.07. The van der Waals surface area contributed by atoms with Gasteiger partial charge >= 0.3 is 0 Å². The van der Waals surface area contributed by atoms with Crippen LogP contribution < -0.4 is 0 Å². The predicted octanol–water partition coefficient (Wildman–Crippen LogP) is 6.61. The average Bonchev–Trinajstić information content (AvgIpc) is 2.66. The summed E-state index contributed by atoms with van der Waals surface area (Å²) in [7, 11) is 5.09. The topological polar surface area (TPSA) is 37.4 Å². The average molecular weight is 448 g/mol. The fourth-order valence-electron chi connectivity index (χ4n) is 3.90. The molecule has 0 saturated carbocycles. The molecule has 30 heavy (non-hydrogen) atoms. The van der Waals surface area contributed by atoms with Gasteiger partial charge in [0.15, 0.2) is 0 Å². The third kappa shape index (κ3) is 19.8. The molecule has 0 aromatic rings. The van der Waals surface area contributed by atoms with Crippen LogP contribution in [0.3, 0.4) is 0 Å². The van der Waals surface area contributed by atoms with Crippen molar-refractivity contribution in [3.05, 3.63) is 0 Å². The van der Waals surface area contributed by atoms with Crippen LogP contribution in [0.5, 0.6) is 0 Å². The standard InChI is InChI=1S/C25H55N2O2S/c1-6-7-8-9-10-11-12-13-14-15-16-17-18-19-20-21-25-30(28,29)26(2)23-22-24-27(3,4)5/h6-25H2,1-5H3/q+1. The van der Waals surface area contributed by atoms with Crippen LogP contribution in [0.25, 0.3) is 0 Å². The third-order valence-electron chi connectivity index (χ3n) is 6.03. The normalized spacial score (nSPS) is 12.7. The Kier molecular flexibility index (Phi) is 18.4. The molecule has 0 aromatic carbocycles. The number of unbranched alkanes of at least 4 members (excludes halogenated alkanes) is 15. The molecule has 0 saturated heterocycles. The summed E-state index contributed by atoms with van der Waals surface area (Å²) in [6, 6.07) is 0. The molecule has 0 aromatic heterocycles. The lowest BCUT2D eigenvalue weighted by Crippen LogP contribution is -2.38. The van der Waals surface area contributed by atoms with Gasteiger partial charge in [-0.05, 0) is 6.42 Å². The molecule has 0 rings (SSSR count). The molecule has 0 amide bonds. The smallest absolute Gasteiger partial charge is 0.213 e. The molecular weight excluding hydrogens is 392 g/mol. The molecule has 5 heteroatoms. The van der Waals surface area contributed by atoms with Crippen LogP contribution in [-0.4, -0.2) is 64.2 Å². The monoisotopic (exact) mass is 447 g/mol. The van der Waals surface area contributed by atoms with E-state index < -0.39 is 10.0 Å². The minimum absolute atomic E-state index is 0.312. The zero-order valence-electron chi connectivity index (χ0n) is 21.3. The van der Waals surface area contributed by atoms with E-state index in [1.54, 1.807) is 11.4 Å². The Balaban J connectivity index is 3.45. The Morgan fingerprint density at radius 1 is 0.600 bits per heavy atom. The number of nitrogens with zero attached hydrogens (tertiary/aromatic N) is 2. The molecule has 0 N–H and O–H groups in total. The number of rotatable bonds is 22. The van der Waals surface area contributed by atoms with Gasteiger partial charge < -0.3 is 4.48 Å². The van der Waals surface area contributed by atoms with Crippen molar-refractivity contribution >= 4 is 10.0 Å². The summed E-state index contributed by atoms with van der Waals surface area (Å²) in [6.07, 6.45) is 21.9. The van der Waals surface area contributed by atoms with Gasteiger partial charge in [-0.15, -0.1) is 0 Å². The van der Waals surface area contributed by atoms with Gasteiger partial charge in [-0.1, -0.05) is 103 Å². The van der Waals surface area contributed by atoms with Crippen molar-refractivity contribution in [2.45, 2.75) is 116 Å². The Bertz CT molecular complexity index is 472. The zero-order chi connectivity index (χ0) is 22.7. The minimum Gasteiger partial charge on any atom is -0.331 e. The highest BCUT2D eigenvalue weighted by Crippen LogP contribution is 2.14. The molecule has 0 aliphatic carbocycles. The van der Waals surface area contributed by atoms with Crippen molar-refractivity contribution in [1.29, 1.82) is 0 Å². The van der Waals surface area contributed by atoms with Crippen molar-refractivity contribution in [3.63, 3.8) is 0 Å². The van der Waals surface area contributed by atoms with Crippen molar-refractivity contribution in [1.82, 2.24) is 4.31 Å². The van der Waals surface area contributed by atoms with Crippen LogP contribution >= 0.6 is 0 Å². The maximum Gasteiger partial charge on any atom is 0.213 e. The SMILES string of the molecule is CCCCCCCCCCCCCCCCCCS(=O)(=O)N(C)CCC[N+](C)(C)C. The fourth-order valence-corrected chi connectivity index (χ4v) is 5.18. The molecule has 0 atom stereocenters. The van der Waals surface area contributed by atoms with Gasteiger partial charge in [0, 0.05) is 20.0 Å². The van der Waals surface area contributed by atoms with E-state index in [9.17, 15) is 8.42 Å². The fraction of sp³-hybridized carbons (Fsp3) is 1.00. The Labute approximate surface area is 190 Å². The van der Waals surface area contributed by atoms with E-state index >= 15 is 0 Å². The highest BCUT2D eigenvalue weighted by Gasteiger charge is 2.18. The van der Waals surface area contributed by atoms with Crippen LogP contribution in [-0.2, 0) is 10.0 Å². The number of hydrogen-bond acceptors (Lipinski definition) is 2. The van der Waals surface area contributed by atoms with Crippen molar-refractivity contribution in [2.75, 3.05) is 47.0 Å². The number of hydrogen-bond donors (Lipinski definition) is 0. The molecule has 0 fully saturated rings. The maximum absolute atomic E-state index is 12.4. The first kappa shape index (κ1) is 29.9. The van der Waals surface area contributed by atoms with Crippen molar-refractivity contribution < 1.29 is 12.9 Å². The number of quaternary nitrogens is 1. The van der Waals surface area contributed by atoms with Gasteiger partial charge in [0.05, 0.1) is 33.4 Å². The first-order valence-electron chi connectivity index (χ1n) is 12.9. The van der Waals surface area contributed by atoms with Gasteiger partial charge in [0.25, 0.3) is 0 Å². The van der Waals surface area contributed by atoms with Crippen LogP contribution in [0.2, 0.25) is 0 Å². The van der Waals surface area contributed by atoms with Crippen LogP contribution in [0.1, 0.15) is 116 Å². The second-order valence-electron chi connectivity index (χ2n) is 10.3. The zero-order valence-corrected chi connectivity index (χ0v) is 22.1. The van der Waals surface area contributed by atoms with Gasteiger partial charge in [0.1, 0.15) is 0 Å². The second-order valence-corrected chi connectivity index (χ2v) is 12.5. The quantitative estimate of drug-likeness (QED) is 0.138. The molecule has 0 aliphatic heterocycles. The summed E-state index contributed by atoms with van der Waals surface area (Å²) in [6.45, 7) is 3.91. The summed E-state index contributed by atoms with van der Waals surface area (Å²) in [4.78, 5) is 0. The van der Waals surface area contributed by atoms with Crippen LogP contribution in [0.4, 0.5) is 0 Å². The van der Waals surface area contributed by atoms with E-state index in [1.165, 1.54) is 89.9 Å². The summed E-state index contributed by atoms with van der Waals surface area (Å²) in [5.74, 6) is 0.312. The van der Waals surface area contributed by atoms with E-state index in [0.717, 1.165) is 30.3 Å². The molecule has 4 nitrogen and oxygen atoms in total. The van der Waals surface area contributed by atoms with Crippen LogP contribution in [0, 0.1) is 0 Å². The third-order valence-corrected chi connectivity index (χ3v) is 7.97. The Morgan fingerprint density at radius 3 is 1.33 bits per heavy atom. The Hall–Kier alpha value is -0.130. The van der Waals surface area contributed by atoms with E-state index in [0.29, 0.717) is 12.3 Å². The molecule has 0 heterocycles. The number of sulfonamides is 1. The van der Waals surface area contributed by atoms with Crippen molar-refractivity contribution in [2.24, 2.45) is 0 Å². The highest BCUT2D eigenvalue weighted by atomic mass is 32.2. The lowest BCUT2D eigenvalue weighted by Gasteiger charge is -2.25. The first-order chi connectivity index (χ1) is 14.2. The molecule has 0 radical (unpaired) electrons. The summed E-state index contributed by atoms with van der Waals surface area (Å²) >= 11 is 0. The van der Waals surface area contributed by atoms with Gasteiger partial charge in [-0.3, -0.25) is 0 Å². The lowest BCUT2D eigenvalue weighted by atomic mass is 10.0. The predicted molar refractivity (Wildman–Crippen MR) is 133 cm³/mol. The van der Waals surface area contributed by atoms with E-state index in [4.69, 9.17) is 0 Å². The first-order valence-corrected chi connectivity index (χ1v) is 14.5. The second kappa shape index (κ2) is 18.4. The molecule has 0 spiro atoms. The van der Waals surface area contributed by atoms with Gasteiger partial charge in [0.2, 0.25) is 10.0 Å². The van der Waals surface area contributed by atoms with Gasteiger partial charge in [-0.25, -0.2) is 12.7 Å². The summed E-state index contributed by atoms with van der Waals surface area (Å²) in [5.41, 5.74) is 0. The van der Waals surface area contributed by atoms with Crippen molar-refractivity contribution in [3.8, 4) is 0 Å². The molecule has 182 valence electrons. The summed E-state index contributed by atoms with van der Waals surface area (Å²) < 4.78 is 27.2. The summed E-state index contributed by atoms with van der Waals surface area (Å²) in [5, 5.41) is 0. The van der Waals surface area contributed by atoms with E-state index in [1.807, 2.05) is 0 Å². The highest BCUT2D eigenvalue weighted by molar-refractivity contribution is 7.89. The largest absolute Gasteiger partial charge is 0.331 e. The lowest BCUT2D eigenvalue weighted by molar-refractivity contribution is -0.870. The van der Waals surface area contributed by atoms with E-state index in [-0.39, 0.29) is 0 Å². The van der Waals surface area contributed by atoms with Gasteiger partial charge in [-0.2, -0.15) is 0 Å². The maximum atomic E-state index is 12.4.